The van der Waals surface area contributed by atoms with E-state index in [0.29, 0.717) is 0 Å². The van der Waals surface area contributed by atoms with Crippen molar-refractivity contribution in [3.05, 3.63) is 18.2 Å². The third-order valence-electron chi connectivity index (χ3n) is 3.34. The molecule has 1 saturated heterocycles. The molecule has 0 spiro atoms. The highest BCUT2D eigenvalue weighted by atomic mass is 15.4. The van der Waals surface area contributed by atoms with E-state index in [4.69, 9.17) is 11.5 Å². The van der Waals surface area contributed by atoms with Crippen molar-refractivity contribution in [2.45, 2.75) is 0 Å². The maximum absolute atomic E-state index is 5.99. The first-order valence-electron chi connectivity index (χ1n) is 5.70. The average Bonchev–Trinajstić information content (AvgIpc) is 2.19. The van der Waals surface area contributed by atoms with Gasteiger partial charge in [-0.05, 0) is 18.2 Å². The minimum absolute atomic E-state index is 0.731. The fourth-order valence-electron chi connectivity index (χ4n) is 2.11. The number of nitrogen functional groups attached to an aromatic ring is 2. The Morgan fingerprint density at radius 2 is 1.75 bits per heavy atom. The number of likely N-dealkylation sites (N-methyl/N-ethyl adjacent to an activating group) is 1. The molecule has 16 heavy (non-hydrogen) atoms. The summed E-state index contributed by atoms with van der Waals surface area (Å²) in [6, 6.07) is 5.78. The highest BCUT2D eigenvalue weighted by Gasteiger charge is 2.25. The smallest absolute Gasteiger partial charge is 0.0961 e. The Morgan fingerprint density at radius 3 is 2.31 bits per heavy atom. The lowest BCUT2D eigenvalue weighted by molar-refractivity contribution is -0.890. The molecule has 0 aliphatic carbocycles. The zero-order valence-corrected chi connectivity index (χ0v) is 10.1. The Kier molecular flexibility index (Phi) is 2.68. The second kappa shape index (κ2) is 3.87. The van der Waals surface area contributed by atoms with Crippen molar-refractivity contribution < 1.29 is 4.48 Å². The van der Waals surface area contributed by atoms with Crippen molar-refractivity contribution >= 4 is 17.1 Å². The molecule has 0 atom stereocenters. The molecule has 0 unspecified atom stereocenters. The molecule has 2 rings (SSSR count). The maximum Gasteiger partial charge on any atom is 0.0961 e. The number of quaternary nitrogens is 1. The van der Waals surface area contributed by atoms with Gasteiger partial charge in [0.1, 0.15) is 0 Å². The number of hydrogen-bond acceptors (Lipinski definition) is 3. The lowest BCUT2D eigenvalue weighted by Crippen LogP contribution is -2.55. The van der Waals surface area contributed by atoms with Crippen molar-refractivity contribution in [1.82, 2.24) is 0 Å². The first-order chi connectivity index (χ1) is 7.48. The molecule has 0 saturated carbocycles. The molecule has 4 heteroatoms. The van der Waals surface area contributed by atoms with Crippen LogP contribution in [0.3, 0.4) is 0 Å². The Labute approximate surface area is 97.0 Å². The zero-order chi connectivity index (χ0) is 11.8. The van der Waals surface area contributed by atoms with Gasteiger partial charge >= 0.3 is 0 Å². The van der Waals surface area contributed by atoms with E-state index >= 15 is 0 Å². The molecular formula is C12H21N4+. The molecule has 0 radical (unpaired) electrons. The largest absolute Gasteiger partial charge is 0.399 e. The third kappa shape index (κ3) is 2.22. The van der Waals surface area contributed by atoms with Gasteiger partial charge in [0, 0.05) is 5.69 Å². The summed E-state index contributed by atoms with van der Waals surface area (Å²) in [5.74, 6) is 0. The van der Waals surface area contributed by atoms with Crippen molar-refractivity contribution in [2.75, 3.05) is 56.6 Å². The van der Waals surface area contributed by atoms with Crippen LogP contribution in [0.2, 0.25) is 0 Å². The van der Waals surface area contributed by atoms with E-state index in [9.17, 15) is 0 Å². The van der Waals surface area contributed by atoms with Gasteiger partial charge in [0.2, 0.25) is 0 Å². The van der Waals surface area contributed by atoms with Gasteiger partial charge in [-0.3, -0.25) is 0 Å². The summed E-state index contributed by atoms with van der Waals surface area (Å²) in [4.78, 5) is 2.35. The predicted molar refractivity (Wildman–Crippen MR) is 69.3 cm³/mol. The van der Waals surface area contributed by atoms with Gasteiger partial charge in [0.25, 0.3) is 0 Å². The monoisotopic (exact) mass is 221 g/mol. The molecule has 4 nitrogen and oxygen atoms in total. The van der Waals surface area contributed by atoms with E-state index in [0.717, 1.165) is 47.7 Å². The third-order valence-corrected chi connectivity index (χ3v) is 3.34. The van der Waals surface area contributed by atoms with E-state index in [1.165, 1.54) is 0 Å². The van der Waals surface area contributed by atoms with Crippen molar-refractivity contribution in [2.24, 2.45) is 0 Å². The Bertz CT molecular complexity index is 377. The van der Waals surface area contributed by atoms with Gasteiger partial charge in [-0.15, -0.1) is 0 Å². The molecule has 1 aromatic rings. The molecular weight excluding hydrogens is 200 g/mol. The first kappa shape index (κ1) is 11.1. The highest BCUT2D eigenvalue weighted by molar-refractivity contribution is 5.71. The topological polar surface area (TPSA) is 55.3 Å². The lowest BCUT2D eigenvalue weighted by Gasteiger charge is -2.40. The van der Waals surface area contributed by atoms with Crippen molar-refractivity contribution in [1.29, 1.82) is 0 Å². The maximum atomic E-state index is 5.99. The summed E-state index contributed by atoms with van der Waals surface area (Å²) in [5.41, 5.74) is 14.3. The predicted octanol–water partition coefficient (Wildman–Crippen LogP) is 0.747. The van der Waals surface area contributed by atoms with Gasteiger partial charge in [-0.1, -0.05) is 0 Å². The van der Waals surface area contributed by atoms with Gasteiger partial charge in [0.05, 0.1) is 51.6 Å². The van der Waals surface area contributed by atoms with Gasteiger partial charge in [-0.2, -0.15) is 0 Å². The average molecular weight is 221 g/mol. The van der Waals surface area contributed by atoms with Crippen LogP contribution < -0.4 is 16.4 Å². The Morgan fingerprint density at radius 1 is 1.12 bits per heavy atom. The van der Waals surface area contributed by atoms with E-state index in [2.05, 4.69) is 19.0 Å². The lowest BCUT2D eigenvalue weighted by atomic mass is 10.2. The molecule has 1 aromatic carbocycles. The number of hydrogen-bond donors (Lipinski definition) is 2. The number of anilines is 3. The normalized spacial score (nSPS) is 19.8. The first-order valence-corrected chi connectivity index (χ1v) is 5.70. The number of rotatable bonds is 1. The quantitative estimate of drug-likeness (QED) is 0.543. The van der Waals surface area contributed by atoms with Crippen LogP contribution in [0.15, 0.2) is 18.2 Å². The van der Waals surface area contributed by atoms with Crippen LogP contribution in [-0.2, 0) is 0 Å². The van der Waals surface area contributed by atoms with Crippen LogP contribution in [0, 0.1) is 0 Å². The van der Waals surface area contributed by atoms with Crippen LogP contribution in [0.1, 0.15) is 0 Å². The van der Waals surface area contributed by atoms with Gasteiger partial charge in [-0.25, -0.2) is 0 Å². The van der Waals surface area contributed by atoms with Gasteiger partial charge in [0.15, 0.2) is 0 Å². The second-order valence-electron chi connectivity index (χ2n) is 5.19. The van der Waals surface area contributed by atoms with Crippen LogP contribution in [0.5, 0.6) is 0 Å². The van der Waals surface area contributed by atoms with Crippen LogP contribution in [-0.4, -0.2) is 44.8 Å². The van der Waals surface area contributed by atoms with E-state index in [1.807, 2.05) is 18.2 Å². The van der Waals surface area contributed by atoms with E-state index in [-0.39, 0.29) is 0 Å². The van der Waals surface area contributed by atoms with Crippen LogP contribution in [0.25, 0.3) is 0 Å². The van der Waals surface area contributed by atoms with E-state index in [1.54, 1.807) is 0 Å². The Balaban J connectivity index is 2.14. The summed E-state index contributed by atoms with van der Waals surface area (Å²) >= 11 is 0. The molecule has 1 heterocycles. The highest BCUT2D eigenvalue weighted by Crippen LogP contribution is 2.26. The standard InChI is InChI=1S/C12H21N4/c1-16(2)7-5-15(6-8-16)12-4-3-10(13)9-11(12)14/h3-4,9H,5-8,13-14H2,1-2H3/q+1. The number of nitrogens with zero attached hydrogens (tertiary/aromatic N) is 2. The second-order valence-corrected chi connectivity index (χ2v) is 5.19. The van der Waals surface area contributed by atoms with Gasteiger partial charge < -0.3 is 20.9 Å². The fraction of sp³-hybridized carbons (Fsp3) is 0.500. The summed E-state index contributed by atoms with van der Waals surface area (Å²) < 4.78 is 1.09. The SMILES string of the molecule is C[N+]1(C)CCN(c2ccc(N)cc2N)CC1. The molecule has 4 N–H and O–H groups in total. The van der Waals surface area contributed by atoms with Crippen molar-refractivity contribution in [3.63, 3.8) is 0 Å². The summed E-state index contributed by atoms with van der Waals surface area (Å²) in [7, 11) is 4.54. The van der Waals surface area contributed by atoms with Crippen LogP contribution >= 0.6 is 0 Å². The molecule has 0 aromatic heterocycles. The zero-order valence-electron chi connectivity index (χ0n) is 10.1. The summed E-state index contributed by atoms with van der Waals surface area (Å²) in [6.07, 6.45) is 0. The molecule has 0 bridgehead atoms. The summed E-state index contributed by atoms with van der Waals surface area (Å²) in [5, 5.41) is 0. The Hall–Kier alpha value is -1.42. The molecule has 1 aliphatic heterocycles. The van der Waals surface area contributed by atoms with E-state index < -0.39 is 0 Å². The minimum atomic E-state index is 0.731. The molecule has 0 amide bonds. The molecule has 1 fully saturated rings. The number of nitrogens with two attached hydrogens (primary N) is 2. The molecule has 1 aliphatic rings. The number of benzene rings is 1. The number of piperazine rings is 1. The van der Waals surface area contributed by atoms with Crippen molar-refractivity contribution in [3.8, 4) is 0 Å². The van der Waals surface area contributed by atoms with Crippen LogP contribution in [0.4, 0.5) is 17.1 Å². The molecule has 88 valence electrons. The minimum Gasteiger partial charge on any atom is -0.399 e. The summed E-state index contributed by atoms with van der Waals surface area (Å²) in [6.45, 7) is 4.43. The fourth-order valence-corrected chi connectivity index (χ4v) is 2.11.